The Bertz CT molecular complexity index is 789. The van der Waals surface area contributed by atoms with Crippen LogP contribution in [0.3, 0.4) is 0 Å². The molecule has 0 aromatic carbocycles. The molecule has 0 unspecified atom stereocenters. The molecule has 4 atom stereocenters. The number of nitrogens with one attached hydrogen (secondary N) is 3. The third-order valence-corrected chi connectivity index (χ3v) is 5.83. The van der Waals surface area contributed by atoms with Crippen LogP contribution in [-0.2, 0) is 33.5 Å². The molecule has 0 aromatic heterocycles. The van der Waals surface area contributed by atoms with Gasteiger partial charge in [0.15, 0.2) is 5.78 Å². The van der Waals surface area contributed by atoms with Crippen LogP contribution < -0.4 is 16.0 Å². The summed E-state index contributed by atoms with van der Waals surface area (Å²) in [5.74, 6) is -3.20. The summed E-state index contributed by atoms with van der Waals surface area (Å²) in [4.78, 5) is 74.7. The van der Waals surface area contributed by atoms with Gasteiger partial charge in [0.1, 0.15) is 18.1 Å². The molecular formula is C22H35ClN4O7. The van der Waals surface area contributed by atoms with E-state index >= 15 is 0 Å². The summed E-state index contributed by atoms with van der Waals surface area (Å²) < 4.78 is 4.46. The predicted molar refractivity (Wildman–Crippen MR) is 124 cm³/mol. The number of Topliss-reactive ketones (excluding diaryl/α,β-unsaturated/α-hetero) is 1. The number of ketones is 1. The summed E-state index contributed by atoms with van der Waals surface area (Å²) in [5, 5.41) is 7.70. The van der Waals surface area contributed by atoms with Crippen LogP contribution in [0.2, 0.25) is 0 Å². The first-order valence-electron chi connectivity index (χ1n) is 11.3. The minimum Gasteiger partial charge on any atom is -0.469 e. The number of carbonyl (C=O) groups is 6. The third-order valence-electron chi connectivity index (χ3n) is 5.57. The number of amides is 4. The molecule has 1 rings (SSSR count). The zero-order valence-corrected chi connectivity index (χ0v) is 21.1. The maximum atomic E-state index is 13.0. The van der Waals surface area contributed by atoms with Crippen molar-refractivity contribution in [2.24, 2.45) is 5.92 Å². The van der Waals surface area contributed by atoms with E-state index < -0.39 is 53.8 Å². The van der Waals surface area contributed by atoms with Crippen molar-refractivity contribution < 1.29 is 33.5 Å². The van der Waals surface area contributed by atoms with Gasteiger partial charge in [-0.1, -0.05) is 13.8 Å². The van der Waals surface area contributed by atoms with Crippen molar-refractivity contribution in [3.8, 4) is 0 Å². The molecule has 0 saturated carbocycles. The van der Waals surface area contributed by atoms with Crippen molar-refractivity contribution in [2.75, 3.05) is 19.5 Å². The Hall–Kier alpha value is -2.69. The highest BCUT2D eigenvalue weighted by atomic mass is 35.5. The quantitative estimate of drug-likeness (QED) is 0.249. The van der Waals surface area contributed by atoms with E-state index in [4.69, 9.17) is 11.6 Å². The number of alkyl halides is 1. The number of rotatable bonds is 12. The van der Waals surface area contributed by atoms with Gasteiger partial charge >= 0.3 is 5.97 Å². The Balaban J connectivity index is 2.68. The SMILES string of the molecule is COC(=O)CCC(=O)N[C@H](C)C(=O)N[C@@H](C)C(=O)N1CCC[C@H]1C(=O)N[C@H](C(=O)CCl)C(C)C. The molecule has 0 aromatic rings. The normalized spacial score (nSPS) is 18.0. The fourth-order valence-corrected chi connectivity index (χ4v) is 3.77. The van der Waals surface area contributed by atoms with Crippen molar-refractivity contribution in [1.29, 1.82) is 0 Å². The van der Waals surface area contributed by atoms with Gasteiger partial charge < -0.3 is 25.6 Å². The van der Waals surface area contributed by atoms with Gasteiger partial charge in [-0.15, -0.1) is 11.6 Å². The molecule has 1 aliphatic rings. The minimum atomic E-state index is -0.944. The molecule has 0 bridgehead atoms. The Morgan fingerprint density at radius 3 is 2.18 bits per heavy atom. The molecule has 1 fully saturated rings. The van der Waals surface area contributed by atoms with Crippen molar-refractivity contribution in [2.45, 2.75) is 77.5 Å². The second-order valence-electron chi connectivity index (χ2n) is 8.62. The summed E-state index contributed by atoms with van der Waals surface area (Å²) in [6.07, 6.45) is 0.794. The molecule has 3 N–H and O–H groups in total. The van der Waals surface area contributed by atoms with Crippen LogP contribution in [0.4, 0.5) is 0 Å². The van der Waals surface area contributed by atoms with Crippen LogP contribution >= 0.6 is 11.6 Å². The van der Waals surface area contributed by atoms with Gasteiger partial charge in [-0.05, 0) is 32.6 Å². The van der Waals surface area contributed by atoms with E-state index in [1.54, 1.807) is 13.8 Å². The van der Waals surface area contributed by atoms with E-state index in [1.165, 1.54) is 25.9 Å². The van der Waals surface area contributed by atoms with Crippen LogP contribution in [0, 0.1) is 5.92 Å². The van der Waals surface area contributed by atoms with Gasteiger partial charge in [0.25, 0.3) is 0 Å². The average molecular weight is 503 g/mol. The first-order valence-corrected chi connectivity index (χ1v) is 11.8. The Morgan fingerprint density at radius 2 is 1.62 bits per heavy atom. The predicted octanol–water partition coefficient (Wildman–Crippen LogP) is -0.111. The Kier molecular flexibility index (Phi) is 12.0. The number of carbonyl (C=O) groups excluding carboxylic acids is 6. The molecule has 34 heavy (non-hydrogen) atoms. The molecule has 0 radical (unpaired) electrons. The van der Waals surface area contributed by atoms with E-state index in [9.17, 15) is 28.8 Å². The van der Waals surface area contributed by atoms with Crippen LogP contribution in [0.15, 0.2) is 0 Å². The number of methoxy groups -OCH3 is 1. The number of likely N-dealkylation sites (tertiary alicyclic amines) is 1. The molecule has 192 valence electrons. The van der Waals surface area contributed by atoms with Gasteiger partial charge in [0, 0.05) is 13.0 Å². The van der Waals surface area contributed by atoms with E-state index in [2.05, 4.69) is 20.7 Å². The topological polar surface area (TPSA) is 151 Å². The van der Waals surface area contributed by atoms with Crippen LogP contribution in [0.25, 0.3) is 0 Å². The maximum absolute atomic E-state index is 13.0. The van der Waals surface area contributed by atoms with Crippen molar-refractivity contribution in [3.63, 3.8) is 0 Å². The monoisotopic (exact) mass is 502 g/mol. The summed E-state index contributed by atoms with van der Waals surface area (Å²) in [6.45, 7) is 6.87. The smallest absolute Gasteiger partial charge is 0.306 e. The number of hydrogen-bond acceptors (Lipinski definition) is 7. The zero-order chi connectivity index (χ0) is 26.0. The largest absolute Gasteiger partial charge is 0.469 e. The highest BCUT2D eigenvalue weighted by molar-refractivity contribution is 6.28. The van der Waals surface area contributed by atoms with Crippen LogP contribution in [-0.4, -0.2) is 84.0 Å². The number of nitrogens with zero attached hydrogens (tertiary/aromatic N) is 1. The summed E-state index contributed by atoms with van der Waals surface area (Å²) in [6, 6.07) is -3.39. The molecule has 4 amide bonds. The summed E-state index contributed by atoms with van der Waals surface area (Å²) >= 11 is 5.65. The van der Waals surface area contributed by atoms with Gasteiger partial charge in [-0.25, -0.2) is 0 Å². The fraction of sp³-hybridized carbons (Fsp3) is 0.727. The molecule has 0 aliphatic carbocycles. The first kappa shape index (κ1) is 29.3. The average Bonchev–Trinajstić information content (AvgIpc) is 3.29. The molecule has 12 heteroatoms. The van der Waals surface area contributed by atoms with Gasteiger partial charge in [0.2, 0.25) is 23.6 Å². The summed E-state index contributed by atoms with van der Waals surface area (Å²) in [5.41, 5.74) is 0. The number of halogens is 1. The number of hydrogen-bond donors (Lipinski definition) is 3. The van der Waals surface area contributed by atoms with Crippen molar-refractivity contribution in [3.05, 3.63) is 0 Å². The lowest BCUT2D eigenvalue weighted by molar-refractivity contribution is -0.142. The second-order valence-corrected chi connectivity index (χ2v) is 8.88. The first-order chi connectivity index (χ1) is 15.9. The van der Waals surface area contributed by atoms with Gasteiger partial charge in [-0.3, -0.25) is 28.8 Å². The van der Waals surface area contributed by atoms with Gasteiger partial charge in [-0.2, -0.15) is 0 Å². The number of esters is 1. The van der Waals surface area contributed by atoms with E-state index in [0.29, 0.717) is 19.4 Å². The number of ether oxygens (including phenoxy) is 1. The molecule has 1 saturated heterocycles. The Morgan fingerprint density at radius 1 is 0.971 bits per heavy atom. The van der Waals surface area contributed by atoms with Crippen molar-refractivity contribution in [1.82, 2.24) is 20.9 Å². The third kappa shape index (κ3) is 8.58. The lowest BCUT2D eigenvalue weighted by atomic mass is 10.00. The van der Waals surface area contributed by atoms with Crippen LogP contribution in [0.5, 0.6) is 0 Å². The molecule has 1 heterocycles. The fourth-order valence-electron chi connectivity index (χ4n) is 3.60. The molecule has 1 aliphatic heterocycles. The highest BCUT2D eigenvalue weighted by Crippen LogP contribution is 2.19. The van der Waals surface area contributed by atoms with E-state index in [-0.39, 0.29) is 30.4 Å². The van der Waals surface area contributed by atoms with E-state index in [0.717, 1.165) is 0 Å². The van der Waals surface area contributed by atoms with Crippen LogP contribution in [0.1, 0.15) is 53.4 Å². The minimum absolute atomic E-state index is 0.113. The van der Waals surface area contributed by atoms with Crippen molar-refractivity contribution >= 4 is 47.0 Å². The molecule has 11 nitrogen and oxygen atoms in total. The lowest BCUT2D eigenvalue weighted by Gasteiger charge is -2.29. The highest BCUT2D eigenvalue weighted by Gasteiger charge is 2.38. The maximum Gasteiger partial charge on any atom is 0.306 e. The Labute approximate surface area is 204 Å². The molecule has 0 spiro atoms. The lowest BCUT2D eigenvalue weighted by Crippen LogP contribution is -2.56. The van der Waals surface area contributed by atoms with E-state index in [1.807, 2.05) is 0 Å². The standard InChI is InChI=1S/C22H35ClN4O7/c1-12(2)19(16(28)11-23)26-21(32)15-7-6-10-27(15)22(33)14(4)25-20(31)13(3)24-17(29)8-9-18(30)34-5/h12-15,19H,6-11H2,1-5H3,(H,24,29)(H,25,31)(H,26,32)/t13-,14+,15+,19+/m1/s1. The summed E-state index contributed by atoms with van der Waals surface area (Å²) in [7, 11) is 1.21. The molecular weight excluding hydrogens is 468 g/mol. The second kappa shape index (κ2) is 13.9. The zero-order valence-electron chi connectivity index (χ0n) is 20.3. The van der Waals surface area contributed by atoms with Gasteiger partial charge in [0.05, 0.1) is 25.5 Å².